The summed E-state index contributed by atoms with van der Waals surface area (Å²) < 4.78 is 0. The number of carbonyl (C=O) groups is 6. The quantitative estimate of drug-likeness (QED) is 0.0631. The molecule has 0 aliphatic rings. The van der Waals surface area contributed by atoms with Crippen molar-refractivity contribution < 1.29 is 28.8 Å². The van der Waals surface area contributed by atoms with E-state index in [4.69, 9.17) is 34.8 Å². The number of hydrogen-bond donors (Lipinski definition) is 4. The van der Waals surface area contributed by atoms with Crippen LogP contribution in [0.1, 0.15) is 62.4 Å². The lowest BCUT2D eigenvalue weighted by atomic mass is 10.1. The minimum atomic E-state index is -1.58. The van der Waals surface area contributed by atoms with Crippen LogP contribution < -0.4 is 21.3 Å². The molecular weight excluding hydrogens is 855 g/mol. The first kappa shape index (κ1) is 46.5. The number of azo groups is 2. The van der Waals surface area contributed by atoms with Crippen LogP contribution in [0, 0.1) is 34.6 Å². The second-order valence-electron chi connectivity index (χ2n) is 14.3. The van der Waals surface area contributed by atoms with E-state index in [-0.39, 0.29) is 38.9 Å². The second-order valence-corrected chi connectivity index (χ2v) is 15.5. The maximum atomic E-state index is 13.4. The van der Waals surface area contributed by atoms with Crippen LogP contribution in [0.4, 0.5) is 34.1 Å². The molecule has 318 valence electrons. The number of aryl methyl sites for hydroxylation is 3. The molecule has 0 fully saturated rings. The highest BCUT2D eigenvalue weighted by atomic mass is 35.5. The molecule has 17 heteroatoms. The van der Waals surface area contributed by atoms with Gasteiger partial charge in [0.15, 0.2) is 11.6 Å². The summed E-state index contributed by atoms with van der Waals surface area (Å²) in [6.07, 6.45) is 0. The predicted octanol–water partition coefficient (Wildman–Crippen LogP) is 11.1. The number of anilines is 4. The van der Waals surface area contributed by atoms with E-state index >= 15 is 0 Å². The van der Waals surface area contributed by atoms with Gasteiger partial charge in [-0.15, -0.1) is 0 Å². The van der Waals surface area contributed by atoms with Gasteiger partial charge >= 0.3 is 0 Å². The average Bonchev–Trinajstić information content (AvgIpc) is 3.21. The molecule has 2 unspecified atom stereocenters. The lowest BCUT2D eigenvalue weighted by Gasteiger charge is -2.16. The normalized spacial score (nSPS) is 12.2. The van der Waals surface area contributed by atoms with E-state index in [2.05, 4.69) is 41.7 Å². The molecule has 4 amide bonds. The van der Waals surface area contributed by atoms with Crippen molar-refractivity contribution in [3.8, 4) is 0 Å². The Morgan fingerprint density at radius 2 is 0.887 bits per heavy atom. The molecule has 0 aliphatic heterocycles. The third-order valence-corrected chi connectivity index (χ3v) is 10.8. The van der Waals surface area contributed by atoms with Crippen LogP contribution in [-0.4, -0.2) is 47.3 Å². The summed E-state index contributed by atoms with van der Waals surface area (Å²) in [5.41, 5.74) is 5.52. The Morgan fingerprint density at radius 1 is 0.468 bits per heavy atom. The summed E-state index contributed by atoms with van der Waals surface area (Å²) in [6.45, 7) is 11.0. The largest absolute Gasteiger partial charge is 0.323 e. The number of hydrogen-bond acceptors (Lipinski definition) is 10. The zero-order chi connectivity index (χ0) is 45.4. The Balaban J connectivity index is 1.27. The molecule has 0 bridgehead atoms. The number of benzene rings is 5. The van der Waals surface area contributed by atoms with E-state index in [0.29, 0.717) is 49.2 Å². The van der Waals surface area contributed by atoms with Crippen LogP contribution in [0.25, 0.3) is 0 Å². The summed E-state index contributed by atoms with van der Waals surface area (Å²) in [5.74, 6) is -3.73. The fraction of sp³-hybridized carbons (Fsp3) is 0.200. The van der Waals surface area contributed by atoms with Gasteiger partial charge < -0.3 is 21.3 Å². The Bertz CT molecular complexity index is 2520. The van der Waals surface area contributed by atoms with E-state index < -0.39 is 47.3 Å². The van der Waals surface area contributed by atoms with Gasteiger partial charge in [-0.25, -0.2) is 0 Å². The first-order valence-corrected chi connectivity index (χ1v) is 20.1. The van der Waals surface area contributed by atoms with Crippen LogP contribution in [0.3, 0.4) is 0 Å². The highest BCUT2D eigenvalue weighted by Crippen LogP contribution is 2.31. The summed E-state index contributed by atoms with van der Waals surface area (Å²) in [5, 5.41) is 28.2. The Labute approximate surface area is 372 Å². The zero-order valence-electron chi connectivity index (χ0n) is 34.6. The van der Waals surface area contributed by atoms with Gasteiger partial charge in [-0.1, -0.05) is 59.1 Å². The average molecular weight is 896 g/mol. The van der Waals surface area contributed by atoms with Crippen molar-refractivity contribution in [1.29, 1.82) is 0 Å². The van der Waals surface area contributed by atoms with Crippen molar-refractivity contribution in [3.05, 3.63) is 139 Å². The van der Waals surface area contributed by atoms with Crippen LogP contribution in [0.15, 0.2) is 105 Å². The van der Waals surface area contributed by atoms with Gasteiger partial charge in [0.2, 0.25) is 12.1 Å². The molecule has 0 saturated heterocycles. The number of ketones is 2. The molecule has 0 heterocycles. The molecule has 0 aromatic heterocycles. The number of nitrogens with one attached hydrogen (secondary N) is 4. The summed E-state index contributed by atoms with van der Waals surface area (Å²) in [6, 6.07) is 19.5. The monoisotopic (exact) mass is 894 g/mol. The molecule has 4 N–H and O–H groups in total. The molecule has 2 atom stereocenters. The predicted molar refractivity (Wildman–Crippen MR) is 242 cm³/mol. The van der Waals surface area contributed by atoms with Crippen molar-refractivity contribution in [2.24, 2.45) is 20.5 Å². The smallest absolute Gasteiger partial charge is 0.258 e. The Morgan fingerprint density at radius 3 is 1.31 bits per heavy atom. The van der Waals surface area contributed by atoms with E-state index in [1.165, 1.54) is 38.1 Å². The topological polar surface area (TPSA) is 200 Å². The van der Waals surface area contributed by atoms with Gasteiger partial charge in [0.25, 0.3) is 23.6 Å². The molecule has 0 spiro atoms. The Hall–Kier alpha value is -6.61. The van der Waals surface area contributed by atoms with E-state index in [0.717, 1.165) is 0 Å². The number of amides is 4. The summed E-state index contributed by atoms with van der Waals surface area (Å²) >= 11 is 18.9. The van der Waals surface area contributed by atoms with Crippen molar-refractivity contribution in [1.82, 2.24) is 0 Å². The number of halogens is 3. The second kappa shape index (κ2) is 20.3. The lowest BCUT2D eigenvalue weighted by molar-refractivity contribution is -0.127. The van der Waals surface area contributed by atoms with Gasteiger partial charge in [-0.3, -0.25) is 28.8 Å². The van der Waals surface area contributed by atoms with Crippen molar-refractivity contribution in [3.63, 3.8) is 0 Å². The molecule has 62 heavy (non-hydrogen) atoms. The van der Waals surface area contributed by atoms with Crippen molar-refractivity contribution in [2.45, 2.75) is 60.5 Å². The van der Waals surface area contributed by atoms with Gasteiger partial charge in [-0.05, 0) is 137 Å². The number of carbonyl (C=O) groups excluding carboxylic acids is 6. The van der Waals surface area contributed by atoms with Gasteiger partial charge in [0, 0.05) is 38.2 Å². The maximum absolute atomic E-state index is 13.4. The van der Waals surface area contributed by atoms with Crippen LogP contribution >= 0.6 is 34.8 Å². The number of Topliss-reactive ketones (excluding diaryl/α,β-unsaturated/α-hetero) is 2. The van der Waals surface area contributed by atoms with Crippen molar-refractivity contribution in [2.75, 3.05) is 21.3 Å². The highest BCUT2D eigenvalue weighted by molar-refractivity contribution is 6.34. The minimum Gasteiger partial charge on any atom is -0.323 e. The van der Waals surface area contributed by atoms with Gasteiger partial charge in [0.1, 0.15) is 0 Å². The molecule has 5 aromatic rings. The summed E-state index contributed by atoms with van der Waals surface area (Å²) in [7, 11) is 0. The molecule has 0 radical (unpaired) electrons. The van der Waals surface area contributed by atoms with Gasteiger partial charge in [-0.2, -0.15) is 20.5 Å². The van der Waals surface area contributed by atoms with Crippen LogP contribution in [0.5, 0.6) is 0 Å². The standard InChI is InChI=1S/C45H41Cl3N8O6/c1-22-14-16-29(42(59)49-34-12-8-10-31(46)25(34)4)19-37(22)53-55-40(27(6)57)44(61)51-36-21-33(48)39(18-24(36)3)52-45(62)41(28(7)58)56-54-38-20-30(17-15-23(38)2)43(60)50-35-13-9-11-32(47)26(35)5/h8-21,40-41H,1-7H3,(H,49,59)(H,50,60)(H,51,61)(H,52,62). The fourth-order valence-electron chi connectivity index (χ4n) is 5.78. The van der Waals surface area contributed by atoms with E-state index in [1.54, 1.807) is 95.3 Å². The zero-order valence-corrected chi connectivity index (χ0v) is 36.9. The number of nitrogens with zero attached hydrogens (tertiary/aromatic N) is 4. The van der Waals surface area contributed by atoms with Crippen LogP contribution in [0.2, 0.25) is 15.1 Å². The molecule has 5 rings (SSSR count). The molecule has 0 aliphatic carbocycles. The maximum Gasteiger partial charge on any atom is 0.258 e. The Kier molecular flexibility index (Phi) is 15.2. The number of rotatable bonds is 14. The van der Waals surface area contributed by atoms with E-state index in [1.807, 2.05) is 0 Å². The SMILES string of the molecule is CC(=O)C(N=Nc1cc(C(=O)Nc2cccc(Cl)c2C)ccc1C)C(=O)Nc1cc(Cl)c(NC(=O)C(N=Nc2cc(C(=O)Nc3cccc(Cl)c3C)ccc2C)C(C)=O)cc1C. The molecule has 5 aromatic carbocycles. The first-order chi connectivity index (χ1) is 29.3. The van der Waals surface area contributed by atoms with Crippen LogP contribution in [-0.2, 0) is 19.2 Å². The molecule has 0 saturated carbocycles. The third-order valence-electron chi connectivity index (χ3n) is 9.63. The minimum absolute atomic E-state index is 0.0114. The fourth-order valence-corrected chi connectivity index (χ4v) is 6.34. The molecular formula is C45H41Cl3N8O6. The third kappa shape index (κ3) is 11.4. The summed E-state index contributed by atoms with van der Waals surface area (Å²) in [4.78, 5) is 78.2. The van der Waals surface area contributed by atoms with E-state index in [9.17, 15) is 28.8 Å². The highest BCUT2D eigenvalue weighted by Gasteiger charge is 2.27. The van der Waals surface area contributed by atoms with Crippen molar-refractivity contribution >= 4 is 104 Å². The first-order valence-electron chi connectivity index (χ1n) is 18.9. The molecule has 14 nitrogen and oxygen atoms in total. The lowest BCUT2D eigenvalue weighted by Crippen LogP contribution is -2.32. The van der Waals surface area contributed by atoms with Gasteiger partial charge in [0.05, 0.1) is 22.1 Å².